The largest absolute Gasteiger partial charge is 0.353 e. The Labute approximate surface area is 122 Å². The lowest BCUT2D eigenvalue weighted by Crippen LogP contribution is -2.47. The monoisotopic (exact) mass is 294 g/mol. The van der Waals surface area contributed by atoms with E-state index < -0.39 is 0 Å². The first-order valence-electron chi connectivity index (χ1n) is 6.68. The number of thioether (sulfide) groups is 1. The normalized spacial score (nSPS) is 23.6. The highest BCUT2D eigenvalue weighted by atomic mass is 35.5. The van der Waals surface area contributed by atoms with Crippen molar-refractivity contribution >= 4 is 30.1 Å². The number of hydrogen-bond donors (Lipinski definition) is 2. The second-order valence-electron chi connectivity index (χ2n) is 5.38. The molecule has 1 aliphatic heterocycles. The topological polar surface area (TPSA) is 41.1 Å². The van der Waals surface area contributed by atoms with E-state index in [1.165, 1.54) is 6.42 Å². The Morgan fingerprint density at radius 1 is 1.50 bits per heavy atom. The molecular weight excluding hydrogens is 268 g/mol. The van der Waals surface area contributed by atoms with Crippen molar-refractivity contribution in [1.29, 1.82) is 0 Å². The molecule has 1 saturated heterocycles. The van der Waals surface area contributed by atoms with E-state index in [1.807, 2.05) is 0 Å². The summed E-state index contributed by atoms with van der Waals surface area (Å²) < 4.78 is 0. The van der Waals surface area contributed by atoms with Gasteiger partial charge in [0.15, 0.2) is 0 Å². The fourth-order valence-electron chi connectivity index (χ4n) is 2.02. The average Bonchev–Trinajstić information content (AvgIpc) is 2.24. The van der Waals surface area contributed by atoms with E-state index in [9.17, 15) is 4.79 Å². The van der Waals surface area contributed by atoms with Crippen molar-refractivity contribution in [1.82, 2.24) is 10.6 Å². The maximum Gasteiger partial charge on any atom is 0.230 e. The molecule has 108 valence electrons. The molecule has 0 bridgehead atoms. The summed E-state index contributed by atoms with van der Waals surface area (Å²) in [5, 5.41) is 6.53. The van der Waals surface area contributed by atoms with Crippen LogP contribution in [0, 0.1) is 5.92 Å². The maximum atomic E-state index is 11.7. The zero-order valence-corrected chi connectivity index (χ0v) is 13.3. The van der Waals surface area contributed by atoms with E-state index in [-0.39, 0.29) is 18.3 Å². The van der Waals surface area contributed by atoms with E-state index in [2.05, 4.69) is 31.4 Å². The highest BCUT2D eigenvalue weighted by Crippen LogP contribution is 2.10. The molecule has 1 amide bonds. The van der Waals surface area contributed by atoms with E-state index >= 15 is 0 Å². The third kappa shape index (κ3) is 8.22. The molecule has 1 aliphatic rings. The third-order valence-electron chi connectivity index (χ3n) is 3.06. The first-order chi connectivity index (χ1) is 8.08. The van der Waals surface area contributed by atoms with Gasteiger partial charge in [0.2, 0.25) is 5.91 Å². The number of carbonyl (C=O) groups is 1. The van der Waals surface area contributed by atoms with Crippen LogP contribution in [0.1, 0.15) is 40.0 Å². The maximum absolute atomic E-state index is 11.7. The smallest absolute Gasteiger partial charge is 0.230 e. The molecule has 1 heterocycles. The number of hydrogen-bond acceptors (Lipinski definition) is 3. The van der Waals surface area contributed by atoms with Gasteiger partial charge in [-0.05, 0) is 44.4 Å². The van der Waals surface area contributed by atoms with Crippen molar-refractivity contribution in [2.45, 2.75) is 52.1 Å². The van der Waals surface area contributed by atoms with Crippen LogP contribution < -0.4 is 10.6 Å². The summed E-state index contributed by atoms with van der Waals surface area (Å²) in [6, 6.07) is 0.909. The second-order valence-corrected chi connectivity index (χ2v) is 6.48. The van der Waals surface area contributed by atoms with Crippen LogP contribution in [0.4, 0.5) is 0 Å². The molecule has 0 saturated carbocycles. The molecule has 5 heteroatoms. The highest BCUT2D eigenvalue weighted by Gasteiger charge is 2.19. The third-order valence-corrected chi connectivity index (χ3v) is 4.05. The van der Waals surface area contributed by atoms with Crippen molar-refractivity contribution in [2.75, 3.05) is 18.1 Å². The number of carbonyl (C=O) groups excluding carboxylic acids is 1. The van der Waals surface area contributed by atoms with Gasteiger partial charge >= 0.3 is 0 Å². The van der Waals surface area contributed by atoms with Gasteiger partial charge in [-0.2, -0.15) is 11.8 Å². The van der Waals surface area contributed by atoms with Gasteiger partial charge in [-0.3, -0.25) is 4.79 Å². The van der Waals surface area contributed by atoms with Crippen molar-refractivity contribution in [3.63, 3.8) is 0 Å². The summed E-state index contributed by atoms with van der Waals surface area (Å²) in [7, 11) is 0. The minimum atomic E-state index is 0. The Kier molecular flexibility index (Phi) is 9.97. The zero-order chi connectivity index (χ0) is 12.7. The lowest BCUT2D eigenvalue weighted by molar-refractivity contribution is -0.119. The molecule has 0 radical (unpaired) electrons. The molecule has 0 aromatic rings. The fourth-order valence-corrected chi connectivity index (χ4v) is 3.07. The van der Waals surface area contributed by atoms with Crippen molar-refractivity contribution in [2.24, 2.45) is 5.92 Å². The molecule has 18 heavy (non-hydrogen) atoms. The second kappa shape index (κ2) is 9.93. The molecule has 2 N–H and O–H groups in total. The van der Waals surface area contributed by atoms with Crippen molar-refractivity contribution in [3.8, 4) is 0 Å². The molecule has 2 unspecified atom stereocenters. The molecular formula is C13H27ClN2OS. The molecule has 1 fully saturated rings. The van der Waals surface area contributed by atoms with E-state index in [0.29, 0.717) is 17.8 Å². The first kappa shape index (κ1) is 18.1. The van der Waals surface area contributed by atoms with Gasteiger partial charge in [-0.15, -0.1) is 12.4 Å². The number of nitrogens with one attached hydrogen (secondary N) is 2. The first-order valence-corrected chi connectivity index (χ1v) is 7.84. The Balaban J connectivity index is 0.00000289. The zero-order valence-electron chi connectivity index (χ0n) is 11.7. The van der Waals surface area contributed by atoms with Gasteiger partial charge in [0.05, 0.1) is 5.75 Å². The molecule has 0 aliphatic carbocycles. The van der Waals surface area contributed by atoms with Crippen molar-refractivity contribution in [3.05, 3.63) is 0 Å². The van der Waals surface area contributed by atoms with E-state index in [1.54, 1.807) is 11.8 Å². The van der Waals surface area contributed by atoms with Crippen LogP contribution in [-0.4, -0.2) is 36.0 Å². The molecule has 2 atom stereocenters. The Morgan fingerprint density at radius 2 is 2.22 bits per heavy atom. The van der Waals surface area contributed by atoms with Gasteiger partial charge in [0.1, 0.15) is 0 Å². The van der Waals surface area contributed by atoms with Gasteiger partial charge in [-0.1, -0.05) is 13.8 Å². The van der Waals surface area contributed by atoms with Gasteiger partial charge in [0.25, 0.3) is 0 Å². The minimum absolute atomic E-state index is 0. The Bertz CT molecular complexity index is 239. The fraction of sp³-hybridized carbons (Fsp3) is 0.923. The lowest BCUT2D eigenvalue weighted by Gasteiger charge is -2.28. The minimum Gasteiger partial charge on any atom is -0.353 e. The molecule has 0 aromatic heterocycles. The summed E-state index contributed by atoms with van der Waals surface area (Å²) in [6.45, 7) is 7.64. The van der Waals surface area contributed by atoms with Crippen LogP contribution in [0.5, 0.6) is 0 Å². The predicted molar refractivity (Wildman–Crippen MR) is 82.7 cm³/mol. The summed E-state index contributed by atoms with van der Waals surface area (Å²) in [5.74, 6) is 2.65. The van der Waals surface area contributed by atoms with Gasteiger partial charge in [0, 0.05) is 12.1 Å². The van der Waals surface area contributed by atoms with Gasteiger partial charge < -0.3 is 10.6 Å². The summed E-state index contributed by atoms with van der Waals surface area (Å²) in [4.78, 5) is 11.7. The van der Waals surface area contributed by atoms with E-state index in [4.69, 9.17) is 0 Å². The highest BCUT2D eigenvalue weighted by molar-refractivity contribution is 7.99. The van der Waals surface area contributed by atoms with Crippen molar-refractivity contribution < 1.29 is 4.79 Å². The van der Waals surface area contributed by atoms with Crippen LogP contribution in [0.3, 0.4) is 0 Å². The standard InChI is InChI=1S/C13H26N2OS.ClH/c1-10(2)5-7-17-9-13(16)15-12-4-6-14-11(3)8-12;/h10-12,14H,4-9H2,1-3H3,(H,15,16);1H. The number of halogens is 1. The summed E-state index contributed by atoms with van der Waals surface area (Å²) in [6.07, 6.45) is 3.32. The van der Waals surface area contributed by atoms with Crippen LogP contribution in [-0.2, 0) is 4.79 Å². The average molecular weight is 295 g/mol. The number of amides is 1. The van der Waals surface area contributed by atoms with Crippen LogP contribution >= 0.6 is 24.2 Å². The lowest BCUT2D eigenvalue weighted by atomic mass is 10.0. The SMILES string of the molecule is CC(C)CCSCC(=O)NC1CCNC(C)C1.Cl. The van der Waals surface area contributed by atoms with E-state index in [0.717, 1.165) is 31.1 Å². The van der Waals surface area contributed by atoms with Gasteiger partial charge in [-0.25, -0.2) is 0 Å². The van der Waals surface area contributed by atoms with Crippen LogP contribution in [0.15, 0.2) is 0 Å². The van der Waals surface area contributed by atoms with Crippen LogP contribution in [0.2, 0.25) is 0 Å². The van der Waals surface area contributed by atoms with Crippen LogP contribution in [0.25, 0.3) is 0 Å². The molecule has 3 nitrogen and oxygen atoms in total. The molecule has 0 aromatic carbocycles. The molecule has 0 spiro atoms. The summed E-state index contributed by atoms with van der Waals surface area (Å²) in [5.41, 5.74) is 0. The number of piperidine rings is 1. The summed E-state index contributed by atoms with van der Waals surface area (Å²) >= 11 is 1.75. The number of rotatable bonds is 6. The predicted octanol–water partition coefficient (Wildman–Crippen LogP) is 2.44. The quantitative estimate of drug-likeness (QED) is 0.740. The Hall–Kier alpha value is 0.0700. The Morgan fingerprint density at radius 3 is 2.83 bits per heavy atom. The molecule has 1 rings (SSSR count).